The van der Waals surface area contributed by atoms with Gasteiger partial charge in [0, 0.05) is 16.9 Å². The first-order valence-electron chi connectivity index (χ1n) is 6.80. The van der Waals surface area contributed by atoms with Gasteiger partial charge in [-0.3, -0.25) is 4.79 Å². The number of amides is 1. The molecule has 0 fully saturated rings. The lowest BCUT2D eigenvalue weighted by molar-refractivity contribution is 0.102. The fourth-order valence-electron chi connectivity index (χ4n) is 2.38. The maximum atomic E-state index is 12.5. The van der Waals surface area contributed by atoms with Crippen molar-refractivity contribution in [3.8, 4) is 0 Å². The third-order valence-corrected chi connectivity index (χ3v) is 3.56. The maximum Gasteiger partial charge on any atom is 0.256 e. The topological polar surface area (TPSA) is 55.1 Å². The highest BCUT2D eigenvalue weighted by atomic mass is 16.1. The van der Waals surface area contributed by atoms with Gasteiger partial charge in [0.15, 0.2) is 0 Å². The summed E-state index contributed by atoms with van der Waals surface area (Å²) in [6.45, 7) is 1.92. The number of fused-ring (bicyclic) bond motifs is 1. The van der Waals surface area contributed by atoms with Crippen LogP contribution in [0.25, 0.3) is 10.8 Å². The molecule has 0 aliphatic carbocycles. The molecule has 0 aromatic heterocycles. The van der Waals surface area contributed by atoms with Gasteiger partial charge in [-0.15, -0.1) is 0 Å². The van der Waals surface area contributed by atoms with Crippen molar-refractivity contribution in [3.63, 3.8) is 0 Å². The zero-order valence-corrected chi connectivity index (χ0v) is 11.8. The van der Waals surface area contributed by atoms with E-state index in [0.29, 0.717) is 5.56 Å². The highest BCUT2D eigenvalue weighted by Crippen LogP contribution is 2.21. The second kappa shape index (κ2) is 5.29. The van der Waals surface area contributed by atoms with Gasteiger partial charge in [-0.2, -0.15) is 0 Å². The molecule has 21 heavy (non-hydrogen) atoms. The van der Waals surface area contributed by atoms with Crippen molar-refractivity contribution in [2.45, 2.75) is 6.92 Å². The third kappa shape index (κ3) is 2.58. The van der Waals surface area contributed by atoms with E-state index in [9.17, 15) is 4.79 Å². The zero-order chi connectivity index (χ0) is 14.8. The zero-order valence-electron chi connectivity index (χ0n) is 11.8. The van der Waals surface area contributed by atoms with E-state index in [2.05, 4.69) is 5.32 Å². The molecule has 104 valence electrons. The van der Waals surface area contributed by atoms with Crippen LogP contribution < -0.4 is 11.1 Å². The summed E-state index contributed by atoms with van der Waals surface area (Å²) in [4.78, 5) is 12.5. The molecule has 3 aromatic carbocycles. The van der Waals surface area contributed by atoms with E-state index in [4.69, 9.17) is 5.73 Å². The first-order chi connectivity index (χ1) is 10.1. The number of rotatable bonds is 2. The Morgan fingerprint density at radius 2 is 1.76 bits per heavy atom. The number of nitrogens with one attached hydrogen (secondary N) is 1. The standard InChI is InChI=1S/C18H16N2O/c1-12-11-14(9-10-17(12)19)20-18(21)16-8-4-6-13-5-2-3-7-15(13)16/h2-11H,19H2,1H3,(H,20,21). The summed E-state index contributed by atoms with van der Waals surface area (Å²) in [6, 6.07) is 19.1. The van der Waals surface area contributed by atoms with E-state index in [1.54, 1.807) is 6.07 Å². The molecule has 0 heterocycles. The summed E-state index contributed by atoms with van der Waals surface area (Å²) in [5.41, 5.74) is 8.88. The molecule has 0 atom stereocenters. The molecule has 0 saturated heterocycles. The monoisotopic (exact) mass is 276 g/mol. The molecule has 3 N–H and O–H groups in total. The average molecular weight is 276 g/mol. The Bertz CT molecular complexity index is 819. The van der Waals surface area contributed by atoms with Gasteiger partial charge in [0.2, 0.25) is 0 Å². The Hall–Kier alpha value is -2.81. The number of carbonyl (C=O) groups is 1. The number of hydrogen-bond donors (Lipinski definition) is 2. The minimum absolute atomic E-state index is 0.115. The van der Waals surface area contributed by atoms with Crippen molar-refractivity contribution in [2.24, 2.45) is 0 Å². The summed E-state index contributed by atoms with van der Waals surface area (Å²) < 4.78 is 0. The van der Waals surface area contributed by atoms with E-state index in [-0.39, 0.29) is 5.91 Å². The normalized spacial score (nSPS) is 10.5. The lowest BCUT2D eigenvalue weighted by atomic mass is 10.0. The minimum Gasteiger partial charge on any atom is -0.399 e. The molecular formula is C18H16N2O. The summed E-state index contributed by atoms with van der Waals surface area (Å²) in [5.74, 6) is -0.115. The summed E-state index contributed by atoms with van der Waals surface area (Å²) in [5, 5.41) is 4.93. The van der Waals surface area contributed by atoms with E-state index in [0.717, 1.165) is 27.7 Å². The average Bonchev–Trinajstić information content (AvgIpc) is 2.50. The Morgan fingerprint density at radius 3 is 2.57 bits per heavy atom. The number of aryl methyl sites for hydroxylation is 1. The molecule has 0 bridgehead atoms. The predicted octanol–water partition coefficient (Wildman–Crippen LogP) is 3.98. The van der Waals surface area contributed by atoms with Gasteiger partial charge < -0.3 is 11.1 Å². The third-order valence-electron chi connectivity index (χ3n) is 3.56. The minimum atomic E-state index is -0.115. The summed E-state index contributed by atoms with van der Waals surface area (Å²) in [6.07, 6.45) is 0. The second-order valence-electron chi connectivity index (χ2n) is 5.05. The molecule has 3 aromatic rings. The van der Waals surface area contributed by atoms with Crippen molar-refractivity contribution < 1.29 is 4.79 Å². The highest BCUT2D eigenvalue weighted by Gasteiger charge is 2.10. The SMILES string of the molecule is Cc1cc(NC(=O)c2cccc3ccccc23)ccc1N. The van der Waals surface area contributed by atoms with Crippen LogP contribution in [0.1, 0.15) is 15.9 Å². The van der Waals surface area contributed by atoms with Gasteiger partial charge in [-0.1, -0.05) is 36.4 Å². The maximum absolute atomic E-state index is 12.5. The molecule has 0 aliphatic rings. The molecule has 0 unspecified atom stereocenters. The van der Waals surface area contributed by atoms with Gasteiger partial charge in [-0.25, -0.2) is 0 Å². The molecule has 3 rings (SSSR count). The number of nitrogens with two attached hydrogens (primary N) is 1. The molecule has 0 radical (unpaired) electrons. The molecule has 3 nitrogen and oxygen atoms in total. The van der Waals surface area contributed by atoms with Crippen molar-refractivity contribution >= 4 is 28.1 Å². The van der Waals surface area contributed by atoms with Crippen molar-refractivity contribution in [1.29, 1.82) is 0 Å². The number of carbonyl (C=O) groups excluding carboxylic acids is 1. The predicted molar refractivity (Wildman–Crippen MR) is 87.5 cm³/mol. The van der Waals surface area contributed by atoms with E-state index in [1.165, 1.54) is 0 Å². The van der Waals surface area contributed by atoms with Crippen LogP contribution in [0.3, 0.4) is 0 Å². The van der Waals surface area contributed by atoms with Crippen molar-refractivity contribution in [2.75, 3.05) is 11.1 Å². The number of benzene rings is 3. The van der Waals surface area contributed by atoms with Crippen LogP contribution in [0.2, 0.25) is 0 Å². The smallest absolute Gasteiger partial charge is 0.256 e. The van der Waals surface area contributed by atoms with E-state index in [1.807, 2.05) is 61.5 Å². The van der Waals surface area contributed by atoms with Crippen molar-refractivity contribution in [3.05, 3.63) is 71.8 Å². The molecule has 0 spiro atoms. The van der Waals surface area contributed by atoms with Crippen LogP contribution in [-0.2, 0) is 0 Å². The van der Waals surface area contributed by atoms with Gasteiger partial charge in [0.25, 0.3) is 5.91 Å². The first-order valence-corrected chi connectivity index (χ1v) is 6.80. The van der Waals surface area contributed by atoms with Crippen LogP contribution in [0.5, 0.6) is 0 Å². The molecular weight excluding hydrogens is 260 g/mol. The van der Waals surface area contributed by atoms with Gasteiger partial charge in [0.05, 0.1) is 0 Å². The molecule has 3 heteroatoms. The van der Waals surface area contributed by atoms with Crippen LogP contribution in [0, 0.1) is 6.92 Å². The summed E-state index contributed by atoms with van der Waals surface area (Å²) in [7, 11) is 0. The first kappa shape index (κ1) is 13.2. The van der Waals surface area contributed by atoms with E-state index < -0.39 is 0 Å². The Balaban J connectivity index is 1.95. The molecule has 0 aliphatic heterocycles. The van der Waals surface area contributed by atoms with Crippen LogP contribution in [0.15, 0.2) is 60.7 Å². The lowest BCUT2D eigenvalue weighted by Gasteiger charge is -2.09. The fraction of sp³-hybridized carbons (Fsp3) is 0.0556. The molecule has 0 saturated carbocycles. The highest BCUT2D eigenvalue weighted by molar-refractivity contribution is 6.12. The van der Waals surface area contributed by atoms with Gasteiger partial charge in [-0.05, 0) is 47.5 Å². The molecule has 1 amide bonds. The van der Waals surface area contributed by atoms with Crippen LogP contribution >= 0.6 is 0 Å². The fourth-order valence-corrected chi connectivity index (χ4v) is 2.38. The van der Waals surface area contributed by atoms with Crippen molar-refractivity contribution in [1.82, 2.24) is 0 Å². The second-order valence-corrected chi connectivity index (χ2v) is 5.05. The number of nitrogen functional groups attached to an aromatic ring is 1. The quantitative estimate of drug-likeness (QED) is 0.695. The lowest BCUT2D eigenvalue weighted by Crippen LogP contribution is -2.12. The number of anilines is 2. The van der Waals surface area contributed by atoms with E-state index >= 15 is 0 Å². The Morgan fingerprint density at radius 1 is 1.00 bits per heavy atom. The summed E-state index contributed by atoms with van der Waals surface area (Å²) >= 11 is 0. The van der Waals surface area contributed by atoms with Crippen LogP contribution in [-0.4, -0.2) is 5.91 Å². The number of hydrogen-bond acceptors (Lipinski definition) is 2. The Labute approximate surface area is 123 Å². The Kier molecular flexibility index (Phi) is 3.32. The van der Waals surface area contributed by atoms with Gasteiger partial charge in [0.1, 0.15) is 0 Å². The van der Waals surface area contributed by atoms with Crippen LogP contribution in [0.4, 0.5) is 11.4 Å². The van der Waals surface area contributed by atoms with Gasteiger partial charge >= 0.3 is 0 Å². The largest absolute Gasteiger partial charge is 0.399 e.